The molecule has 0 radical (unpaired) electrons. The summed E-state index contributed by atoms with van der Waals surface area (Å²) in [6.45, 7) is 0.184. The Morgan fingerprint density at radius 1 is 1.08 bits per heavy atom. The van der Waals surface area contributed by atoms with Crippen molar-refractivity contribution in [2.75, 3.05) is 20.1 Å². The fourth-order valence-electron chi connectivity index (χ4n) is 2.29. The van der Waals surface area contributed by atoms with Crippen LogP contribution in [-0.4, -0.2) is 38.8 Å². The Balaban J connectivity index is 1.77. The largest absolute Gasteiger partial charge is 0.355 e. The van der Waals surface area contributed by atoms with Crippen LogP contribution in [0, 0.1) is 5.82 Å². The molecule has 0 atom stereocenters. The number of carbonyl (C=O) groups is 1. The van der Waals surface area contributed by atoms with Gasteiger partial charge in [0.05, 0.1) is 11.4 Å². The number of aryl methyl sites for hydroxylation is 1. The Labute approximate surface area is 147 Å². The first kappa shape index (κ1) is 19.1. The monoisotopic (exact) mass is 364 g/mol. The Morgan fingerprint density at radius 2 is 1.72 bits per heavy atom. The van der Waals surface area contributed by atoms with Gasteiger partial charge in [-0.25, -0.2) is 12.8 Å². The third-order valence-electron chi connectivity index (χ3n) is 3.70. The minimum absolute atomic E-state index is 0.154. The second-order valence-corrected chi connectivity index (χ2v) is 7.70. The summed E-state index contributed by atoms with van der Waals surface area (Å²) in [5, 5.41) is 2.70. The first-order valence-corrected chi connectivity index (χ1v) is 9.36. The highest BCUT2D eigenvalue weighted by atomic mass is 32.2. The van der Waals surface area contributed by atoms with Gasteiger partial charge in [-0.05, 0) is 42.7 Å². The molecule has 1 amide bonds. The van der Waals surface area contributed by atoms with Crippen molar-refractivity contribution >= 4 is 15.9 Å². The SMILES string of the molecule is CN(CC(=O)NCCCc1ccc(F)cc1)S(=O)(=O)c1ccccc1. The van der Waals surface area contributed by atoms with Gasteiger partial charge in [0.25, 0.3) is 0 Å². The summed E-state index contributed by atoms with van der Waals surface area (Å²) in [7, 11) is -2.30. The van der Waals surface area contributed by atoms with Gasteiger partial charge in [-0.2, -0.15) is 4.31 Å². The van der Waals surface area contributed by atoms with E-state index in [1.165, 1.54) is 31.3 Å². The van der Waals surface area contributed by atoms with E-state index in [0.29, 0.717) is 19.4 Å². The molecule has 0 heterocycles. The zero-order valence-electron chi connectivity index (χ0n) is 14.0. The highest BCUT2D eigenvalue weighted by Gasteiger charge is 2.22. The molecule has 134 valence electrons. The Morgan fingerprint density at radius 3 is 2.36 bits per heavy atom. The third-order valence-corrected chi connectivity index (χ3v) is 5.51. The van der Waals surface area contributed by atoms with Crippen LogP contribution in [-0.2, 0) is 21.2 Å². The highest BCUT2D eigenvalue weighted by molar-refractivity contribution is 7.89. The first-order valence-electron chi connectivity index (χ1n) is 7.92. The molecule has 7 heteroatoms. The number of rotatable bonds is 8. The van der Waals surface area contributed by atoms with E-state index in [0.717, 1.165) is 9.87 Å². The fourth-order valence-corrected chi connectivity index (χ4v) is 3.44. The van der Waals surface area contributed by atoms with Crippen molar-refractivity contribution in [1.82, 2.24) is 9.62 Å². The van der Waals surface area contributed by atoms with Gasteiger partial charge in [0.15, 0.2) is 0 Å². The van der Waals surface area contributed by atoms with Crippen molar-refractivity contribution < 1.29 is 17.6 Å². The van der Waals surface area contributed by atoms with Gasteiger partial charge in [0, 0.05) is 13.6 Å². The Kier molecular flexibility index (Phi) is 6.66. The molecule has 0 aliphatic rings. The van der Waals surface area contributed by atoms with Crippen molar-refractivity contribution in [2.24, 2.45) is 0 Å². The molecule has 0 unspecified atom stereocenters. The lowest BCUT2D eigenvalue weighted by Crippen LogP contribution is -2.38. The van der Waals surface area contributed by atoms with Gasteiger partial charge in [-0.1, -0.05) is 30.3 Å². The summed E-state index contributed by atoms with van der Waals surface area (Å²) >= 11 is 0. The van der Waals surface area contributed by atoms with Crippen LogP contribution in [0.1, 0.15) is 12.0 Å². The zero-order chi connectivity index (χ0) is 18.3. The fraction of sp³-hybridized carbons (Fsp3) is 0.278. The molecule has 2 rings (SSSR count). The molecule has 0 saturated carbocycles. The van der Waals surface area contributed by atoms with Crippen LogP contribution < -0.4 is 5.32 Å². The molecule has 0 bridgehead atoms. The molecular formula is C18H21FN2O3S. The minimum Gasteiger partial charge on any atom is -0.355 e. The highest BCUT2D eigenvalue weighted by Crippen LogP contribution is 2.12. The first-order chi connectivity index (χ1) is 11.9. The van der Waals surface area contributed by atoms with E-state index in [4.69, 9.17) is 0 Å². The van der Waals surface area contributed by atoms with Crippen LogP contribution in [0.4, 0.5) is 4.39 Å². The summed E-state index contributed by atoms with van der Waals surface area (Å²) in [6.07, 6.45) is 1.39. The second kappa shape index (κ2) is 8.73. The lowest BCUT2D eigenvalue weighted by Gasteiger charge is -2.16. The van der Waals surface area contributed by atoms with Crippen molar-refractivity contribution in [3.05, 3.63) is 66.0 Å². The molecule has 2 aromatic rings. The lowest BCUT2D eigenvalue weighted by atomic mass is 10.1. The summed E-state index contributed by atoms with van der Waals surface area (Å²) in [4.78, 5) is 12.1. The van der Waals surface area contributed by atoms with Crippen LogP contribution in [0.2, 0.25) is 0 Å². The standard InChI is InChI=1S/C18H21FN2O3S/c1-21(25(23,24)17-7-3-2-4-8-17)14-18(22)20-13-5-6-15-9-11-16(19)12-10-15/h2-4,7-12H,5-6,13-14H2,1H3,(H,20,22). The second-order valence-electron chi connectivity index (χ2n) is 5.65. The number of carbonyl (C=O) groups excluding carboxylic acids is 1. The van der Waals surface area contributed by atoms with E-state index in [1.807, 2.05) is 0 Å². The quantitative estimate of drug-likeness (QED) is 0.730. The molecule has 25 heavy (non-hydrogen) atoms. The number of hydrogen-bond acceptors (Lipinski definition) is 3. The molecular weight excluding hydrogens is 343 g/mol. The number of halogens is 1. The molecule has 5 nitrogen and oxygen atoms in total. The predicted molar refractivity (Wildman–Crippen MR) is 94.0 cm³/mol. The van der Waals surface area contributed by atoms with Gasteiger partial charge in [0.1, 0.15) is 5.82 Å². The van der Waals surface area contributed by atoms with Gasteiger partial charge in [0.2, 0.25) is 15.9 Å². The molecule has 0 aromatic heterocycles. The zero-order valence-corrected chi connectivity index (χ0v) is 14.8. The number of likely N-dealkylation sites (N-methyl/N-ethyl adjacent to an activating group) is 1. The molecule has 0 fully saturated rings. The number of benzene rings is 2. The van der Waals surface area contributed by atoms with Crippen LogP contribution in [0.5, 0.6) is 0 Å². The van der Waals surface area contributed by atoms with Gasteiger partial charge < -0.3 is 5.32 Å². The van der Waals surface area contributed by atoms with E-state index in [-0.39, 0.29) is 23.2 Å². The van der Waals surface area contributed by atoms with Crippen molar-refractivity contribution in [3.8, 4) is 0 Å². The number of hydrogen-bond donors (Lipinski definition) is 1. The molecule has 0 saturated heterocycles. The van der Waals surface area contributed by atoms with Gasteiger partial charge in [-0.3, -0.25) is 4.79 Å². The van der Waals surface area contributed by atoms with Crippen LogP contribution in [0.3, 0.4) is 0 Å². The summed E-state index contributed by atoms with van der Waals surface area (Å²) in [5.41, 5.74) is 0.986. The predicted octanol–water partition coefficient (Wildman–Crippen LogP) is 2.20. The van der Waals surface area contributed by atoms with Crippen LogP contribution >= 0.6 is 0 Å². The normalized spacial score (nSPS) is 11.5. The summed E-state index contributed by atoms with van der Waals surface area (Å²) < 4.78 is 38.5. The average Bonchev–Trinajstić information content (AvgIpc) is 2.61. The van der Waals surface area contributed by atoms with E-state index >= 15 is 0 Å². The Hall–Kier alpha value is -2.25. The maximum atomic E-state index is 12.8. The third kappa shape index (κ3) is 5.65. The lowest BCUT2D eigenvalue weighted by molar-refractivity contribution is -0.121. The summed E-state index contributed by atoms with van der Waals surface area (Å²) in [5.74, 6) is -0.638. The minimum atomic E-state index is -3.67. The smallest absolute Gasteiger partial charge is 0.243 e. The van der Waals surface area contributed by atoms with Crippen molar-refractivity contribution in [1.29, 1.82) is 0 Å². The maximum Gasteiger partial charge on any atom is 0.243 e. The number of amides is 1. The number of sulfonamides is 1. The molecule has 1 N–H and O–H groups in total. The van der Waals surface area contributed by atoms with E-state index < -0.39 is 10.0 Å². The topological polar surface area (TPSA) is 66.5 Å². The number of nitrogens with zero attached hydrogens (tertiary/aromatic N) is 1. The van der Waals surface area contributed by atoms with Crippen molar-refractivity contribution in [3.63, 3.8) is 0 Å². The van der Waals surface area contributed by atoms with E-state index in [2.05, 4.69) is 5.32 Å². The summed E-state index contributed by atoms with van der Waals surface area (Å²) in [6, 6.07) is 14.2. The van der Waals surface area contributed by atoms with Gasteiger partial charge >= 0.3 is 0 Å². The average molecular weight is 364 g/mol. The maximum absolute atomic E-state index is 12.8. The Bertz CT molecular complexity index is 793. The molecule has 2 aromatic carbocycles. The molecule has 0 aliphatic carbocycles. The van der Waals surface area contributed by atoms with Crippen LogP contribution in [0.25, 0.3) is 0 Å². The van der Waals surface area contributed by atoms with E-state index in [1.54, 1.807) is 30.3 Å². The van der Waals surface area contributed by atoms with Crippen molar-refractivity contribution in [2.45, 2.75) is 17.7 Å². The number of nitrogens with one attached hydrogen (secondary N) is 1. The van der Waals surface area contributed by atoms with Crippen LogP contribution in [0.15, 0.2) is 59.5 Å². The molecule has 0 spiro atoms. The molecule has 0 aliphatic heterocycles. The van der Waals surface area contributed by atoms with E-state index in [9.17, 15) is 17.6 Å². The van der Waals surface area contributed by atoms with Gasteiger partial charge in [-0.15, -0.1) is 0 Å².